The first-order chi connectivity index (χ1) is 19.5. The van der Waals surface area contributed by atoms with Crippen LogP contribution in [0.1, 0.15) is 194 Å². The normalized spacial score (nSPS) is 11.6. The van der Waals surface area contributed by atoms with Gasteiger partial charge in [-0.15, -0.1) is 0 Å². The summed E-state index contributed by atoms with van der Waals surface area (Å²) >= 11 is 0. The SMILES string of the molecule is CCCCCCCCC=CCCCCCCCCN(C)C.CCCCCCCCCCCCCCCCN(C)C. The van der Waals surface area contributed by atoms with Crippen LogP contribution in [0.3, 0.4) is 0 Å². The first kappa shape index (κ1) is 41.8. The largest absolute Gasteiger partial charge is 0.309 e. The predicted octanol–water partition coefficient (Wildman–Crippen LogP) is 12.6. The number of hydrogen-bond donors (Lipinski definition) is 0. The van der Waals surface area contributed by atoms with Crippen LogP contribution in [0.2, 0.25) is 0 Å². The van der Waals surface area contributed by atoms with E-state index >= 15 is 0 Å². The number of nitrogens with zero attached hydrogens (tertiary/aromatic N) is 2. The molecule has 242 valence electrons. The molecule has 0 saturated carbocycles. The maximum atomic E-state index is 2.41. The lowest BCUT2D eigenvalue weighted by molar-refractivity contribution is 0.389. The van der Waals surface area contributed by atoms with Gasteiger partial charge < -0.3 is 9.80 Å². The Morgan fingerprint density at radius 2 is 0.525 bits per heavy atom. The van der Waals surface area contributed by atoms with Gasteiger partial charge in [-0.25, -0.2) is 0 Å². The van der Waals surface area contributed by atoms with Crippen LogP contribution in [0.5, 0.6) is 0 Å². The van der Waals surface area contributed by atoms with Crippen molar-refractivity contribution >= 4 is 0 Å². The van der Waals surface area contributed by atoms with Crippen molar-refractivity contribution in [3.05, 3.63) is 12.2 Å². The first-order valence-electron chi connectivity index (χ1n) is 18.5. The molecule has 0 heterocycles. The van der Waals surface area contributed by atoms with E-state index in [1.807, 2.05) is 0 Å². The summed E-state index contributed by atoms with van der Waals surface area (Å²) in [6, 6.07) is 0. The summed E-state index contributed by atoms with van der Waals surface area (Å²) in [5.74, 6) is 0. The van der Waals surface area contributed by atoms with Gasteiger partial charge in [-0.05, 0) is 79.8 Å². The van der Waals surface area contributed by atoms with E-state index < -0.39 is 0 Å². The van der Waals surface area contributed by atoms with E-state index in [0.29, 0.717) is 0 Å². The number of hydrogen-bond acceptors (Lipinski definition) is 2. The Bertz CT molecular complexity index is 443. The van der Waals surface area contributed by atoms with Gasteiger partial charge in [0.15, 0.2) is 0 Å². The standard InChI is InChI=1S/C20H41N.C18H39N/c1-4-5-6-7-8-9-10-11-12-13-14-15-16-17-18-19-20-21(2)3;1-4-5-6-7-8-9-10-11-12-13-14-15-16-17-18-19(2)3/h11-12H,4-10,13-20H2,1-3H3;4-18H2,1-3H3. The topological polar surface area (TPSA) is 6.48 Å². The van der Waals surface area contributed by atoms with Crippen LogP contribution in [0.15, 0.2) is 12.2 Å². The molecule has 40 heavy (non-hydrogen) atoms. The van der Waals surface area contributed by atoms with Crippen LogP contribution in [-0.2, 0) is 0 Å². The zero-order chi connectivity index (χ0) is 29.8. The lowest BCUT2D eigenvalue weighted by Gasteiger charge is -2.08. The van der Waals surface area contributed by atoms with Crippen LogP contribution in [-0.4, -0.2) is 51.1 Å². The third kappa shape index (κ3) is 44.7. The van der Waals surface area contributed by atoms with Crippen molar-refractivity contribution in [1.29, 1.82) is 0 Å². The second-order valence-corrected chi connectivity index (χ2v) is 13.1. The van der Waals surface area contributed by atoms with Crippen LogP contribution in [0.4, 0.5) is 0 Å². The molecule has 0 N–H and O–H groups in total. The molecule has 0 saturated heterocycles. The Morgan fingerprint density at radius 1 is 0.300 bits per heavy atom. The van der Waals surface area contributed by atoms with Crippen molar-refractivity contribution in [2.24, 2.45) is 0 Å². The summed E-state index contributed by atoms with van der Waals surface area (Å²) in [5.41, 5.74) is 0. The van der Waals surface area contributed by atoms with Crippen molar-refractivity contribution in [1.82, 2.24) is 9.80 Å². The minimum atomic E-state index is 1.25. The minimum Gasteiger partial charge on any atom is -0.309 e. The van der Waals surface area contributed by atoms with E-state index in [1.165, 1.54) is 193 Å². The molecule has 0 fully saturated rings. The van der Waals surface area contributed by atoms with Gasteiger partial charge in [0, 0.05) is 0 Å². The van der Waals surface area contributed by atoms with Crippen molar-refractivity contribution in [2.75, 3.05) is 41.3 Å². The second-order valence-electron chi connectivity index (χ2n) is 13.1. The van der Waals surface area contributed by atoms with Gasteiger partial charge in [0.05, 0.1) is 0 Å². The number of allylic oxidation sites excluding steroid dienone is 2. The Morgan fingerprint density at radius 3 is 0.775 bits per heavy atom. The smallest absolute Gasteiger partial charge is 0.00248 e. The zero-order valence-corrected chi connectivity index (χ0v) is 29.3. The Balaban J connectivity index is 0. The van der Waals surface area contributed by atoms with Gasteiger partial charge in [-0.3, -0.25) is 0 Å². The average Bonchev–Trinajstić information content (AvgIpc) is 2.93. The van der Waals surface area contributed by atoms with Crippen molar-refractivity contribution < 1.29 is 0 Å². The molecular weight excluding hydrogens is 484 g/mol. The third-order valence-corrected chi connectivity index (χ3v) is 8.08. The summed E-state index contributed by atoms with van der Waals surface area (Å²) in [6.45, 7) is 7.09. The molecule has 0 aromatic heterocycles. The van der Waals surface area contributed by atoms with Gasteiger partial charge in [0.2, 0.25) is 0 Å². The van der Waals surface area contributed by atoms with E-state index in [4.69, 9.17) is 0 Å². The van der Waals surface area contributed by atoms with E-state index in [0.717, 1.165) is 0 Å². The highest BCUT2D eigenvalue weighted by Gasteiger charge is 1.95. The monoisotopic (exact) mass is 565 g/mol. The third-order valence-electron chi connectivity index (χ3n) is 8.08. The number of unbranched alkanes of at least 4 members (excludes halogenated alkanes) is 25. The molecule has 2 nitrogen and oxygen atoms in total. The van der Waals surface area contributed by atoms with Gasteiger partial charge in [0.1, 0.15) is 0 Å². The molecule has 0 bridgehead atoms. The molecule has 0 aliphatic heterocycles. The molecule has 0 radical (unpaired) electrons. The number of rotatable bonds is 31. The second kappa shape index (κ2) is 38.7. The van der Waals surface area contributed by atoms with E-state index in [2.05, 4.69) is 64.0 Å². The summed E-state index contributed by atoms with van der Waals surface area (Å²) in [6.07, 6.45) is 44.7. The fourth-order valence-electron chi connectivity index (χ4n) is 5.30. The Kier molecular flexibility index (Phi) is 40.4. The molecule has 0 aromatic rings. The van der Waals surface area contributed by atoms with Crippen molar-refractivity contribution in [3.8, 4) is 0 Å². The Labute approximate surface area is 256 Å². The average molecular weight is 565 g/mol. The van der Waals surface area contributed by atoms with Gasteiger partial charge in [-0.2, -0.15) is 0 Å². The highest BCUT2D eigenvalue weighted by Crippen LogP contribution is 2.13. The van der Waals surface area contributed by atoms with Crippen LogP contribution in [0, 0.1) is 0 Å². The van der Waals surface area contributed by atoms with Gasteiger partial charge >= 0.3 is 0 Å². The lowest BCUT2D eigenvalue weighted by Crippen LogP contribution is -2.12. The summed E-state index contributed by atoms with van der Waals surface area (Å²) in [5, 5.41) is 0. The van der Waals surface area contributed by atoms with E-state index in [1.54, 1.807) is 0 Å². The fraction of sp³-hybridized carbons (Fsp3) is 0.947. The van der Waals surface area contributed by atoms with Gasteiger partial charge in [0.25, 0.3) is 0 Å². The summed E-state index contributed by atoms with van der Waals surface area (Å²) in [7, 11) is 8.67. The molecule has 0 atom stereocenters. The summed E-state index contributed by atoms with van der Waals surface area (Å²) in [4.78, 5) is 4.58. The lowest BCUT2D eigenvalue weighted by atomic mass is 10.0. The highest BCUT2D eigenvalue weighted by molar-refractivity contribution is 4.81. The van der Waals surface area contributed by atoms with Crippen LogP contribution in [0.25, 0.3) is 0 Å². The first-order valence-corrected chi connectivity index (χ1v) is 18.5. The molecule has 0 spiro atoms. The molecule has 0 aliphatic rings. The molecule has 2 heteroatoms. The molecule has 0 rings (SSSR count). The van der Waals surface area contributed by atoms with Gasteiger partial charge in [-0.1, -0.05) is 167 Å². The Hall–Kier alpha value is -0.340. The maximum absolute atomic E-state index is 2.41. The molecule has 0 aromatic carbocycles. The van der Waals surface area contributed by atoms with Crippen LogP contribution >= 0.6 is 0 Å². The molecule has 0 aliphatic carbocycles. The van der Waals surface area contributed by atoms with Crippen LogP contribution < -0.4 is 0 Å². The maximum Gasteiger partial charge on any atom is -0.00248 e. The fourth-order valence-corrected chi connectivity index (χ4v) is 5.30. The highest BCUT2D eigenvalue weighted by atomic mass is 15.0. The van der Waals surface area contributed by atoms with Crippen molar-refractivity contribution in [2.45, 2.75) is 194 Å². The molecule has 0 unspecified atom stereocenters. The summed E-state index contributed by atoms with van der Waals surface area (Å²) < 4.78 is 0. The van der Waals surface area contributed by atoms with E-state index in [-0.39, 0.29) is 0 Å². The van der Waals surface area contributed by atoms with Crippen molar-refractivity contribution in [3.63, 3.8) is 0 Å². The molecular formula is C38H80N2. The zero-order valence-electron chi connectivity index (χ0n) is 29.3. The predicted molar refractivity (Wildman–Crippen MR) is 187 cm³/mol. The molecule has 0 amide bonds. The minimum absolute atomic E-state index is 1.25. The van der Waals surface area contributed by atoms with E-state index in [9.17, 15) is 0 Å². The quantitative estimate of drug-likeness (QED) is 0.0610.